The van der Waals surface area contributed by atoms with Crippen LogP contribution >= 0.6 is 0 Å². The first-order valence-corrected chi connectivity index (χ1v) is 5.61. The summed E-state index contributed by atoms with van der Waals surface area (Å²) >= 11 is 0. The average molecular weight is 224 g/mol. The molecule has 0 bridgehead atoms. The first-order chi connectivity index (χ1) is 8.20. The van der Waals surface area contributed by atoms with Crippen LogP contribution in [-0.2, 0) is 0 Å². The summed E-state index contributed by atoms with van der Waals surface area (Å²) < 4.78 is 5.22. The SMILES string of the molecule is C=C(c1cccc(C)c1)c1cccc(OC)c1. The molecule has 0 heterocycles. The molecule has 2 aromatic rings. The maximum Gasteiger partial charge on any atom is 0.119 e. The van der Waals surface area contributed by atoms with Crippen LogP contribution in [0.3, 0.4) is 0 Å². The summed E-state index contributed by atoms with van der Waals surface area (Å²) in [7, 11) is 1.68. The fourth-order valence-electron chi connectivity index (χ4n) is 1.81. The molecule has 0 aliphatic rings. The van der Waals surface area contributed by atoms with Gasteiger partial charge in [0.15, 0.2) is 0 Å². The molecule has 1 heteroatoms. The number of hydrogen-bond acceptors (Lipinski definition) is 1. The van der Waals surface area contributed by atoms with Crippen molar-refractivity contribution in [1.82, 2.24) is 0 Å². The fourth-order valence-corrected chi connectivity index (χ4v) is 1.81. The van der Waals surface area contributed by atoms with E-state index in [-0.39, 0.29) is 0 Å². The van der Waals surface area contributed by atoms with E-state index in [2.05, 4.69) is 37.8 Å². The van der Waals surface area contributed by atoms with Crippen LogP contribution in [0.4, 0.5) is 0 Å². The highest BCUT2D eigenvalue weighted by molar-refractivity contribution is 5.78. The second kappa shape index (κ2) is 4.88. The van der Waals surface area contributed by atoms with E-state index >= 15 is 0 Å². The monoisotopic (exact) mass is 224 g/mol. The fraction of sp³-hybridized carbons (Fsp3) is 0.125. The Labute approximate surface area is 102 Å². The van der Waals surface area contributed by atoms with E-state index in [0.717, 1.165) is 22.4 Å². The summed E-state index contributed by atoms with van der Waals surface area (Å²) in [6, 6.07) is 16.3. The van der Waals surface area contributed by atoms with Crippen molar-refractivity contribution >= 4 is 5.57 Å². The van der Waals surface area contributed by atoms with Crippen LogP contribution in [0.2, 0.25) is 0 Å². The highest BCUT2D eigenvalue weighted by Crippen LogP contribution is 2.25. The van der Waals surface area contributed by atoms with Gasteiger partial charge in [0.25, 0.3) is 0 Å². The Bertz CT molecular complexity index is 541. The molecule has 2 rings (SSSR count). The van der Waals surface area contributed by atoms with Gasteiger partial charge in [0.2, 0.25) is 0 Å². The molecule has 1 nitrogen and oxygen atoms in total. The molecule has 0 atom stereocenters. The second-order valence-corrected chi connectivity index (χ2v) is 4.08. The van der Waals surface area contributed by atoms with Crippen LogP contribution in [0.25, 0.3) is 5.57 Å². The lowest BCUT2D eigenvalue weighted by molar-refractivity contribution is 0.414. The number of methoxy groups -OCH3 is 1. The largest absolute Gasteiger partial charge is 0.497 e. The lowest BCUT2D eigenvalue weighted by atomic mass is 9.98. The van der Waals surface area contributed by atoms with Gasteiger partial charge in [-0.1, -0.05) is 48.5 Å². The maximum absolute atomic E-state index is 5.22. The molecule has 0 aliphatic heterocycles. The Balaban J connectivity index is 2.36. The molecule has 2 aromatic carbocycles. The lowest BCUT2D eigenvalue weighted by Gasteiger charge is -2.08. The van der Waals surface area contributed by atoms with Gasteiger partial charge in [-0.05, 0) is 35.8 Å². The van der Waals surface area contributed by atoms with Gasteiger partial charge in [0, 0.05) is 0 Å². The van der Waals surface area contributed by atoms with Crippen molar-refractivity contribution in [2.75, 3.05) is 7.11 Å². The van der Waals surface area contributed by atoms with Crippen LogP contribution in [-0.4, -0.2) is 7.11 Å². The number of aryl methyl sites for hydroxylation is 1. The van der Waals surface area contributed by atoms with Crippen molar-refractivity contribution in [3.63, 3.8) is 0 Å². The van der Waals surface area contributed by atoms with Gasteiger partial charge >= 0.3 is 0 Å². The first-order valence-electron chi connectivity index (χ1n) is 5.61. The molecule has 0 radical (unpaired) electrons. The quantitative estimate of drug-likeness (QED) is 0.763. The summed E-state index contributed by atoms with van der Waals surface area (Å²) in [5.41, 5.74) is 4.51. The summed E-state index contributed by atoms with van der Waals surface area (Å²) in [5.74, 6) is 0.858. The zero-order valence-electron chi connectivity index (χ0n) is 10.2. The summed E-state index contributed by atoms with van der Waals surface area (Å²) in [6.45, 7) is 6.24. The van der Waals surface area contributed by atoms with E-state index in [1.54, 1.807) is 7.11 Å². The van der Waals surface area contributed by atoms with Gasteiger partial charge in [0.1, 0.15) is 5.75 Å². The van der Waals surface area contributed by atoms with Crippen molar-refractivity contribution in [3.05, 3.63) is 71.8 Å². The number of hydrogen-bond donors (Lipinski definition) is 0. The lowest BCUT2D eigenvalue weighted by Crippen LogP contribution is -1.89. The molecule has 86 valence electrons. The van der Waals surface area contributed by atoms with E-state index < -0.39 is 0 Å². The topological polar surface area (TPSA) is 9.23 Å². The Morgan fingerprint density at radius 1 is 1.00 bits per heavy atom. The first kappa shape index (κ1) is 11.5. The van der Waals surface area contributed by atoms with Crippen molar-refractivity contribution in [1.29, 1.82) is 0 Å². The van der Waals surface area contributed by atoms with Crippen molar-refractivity contribution in [3.8, 4) is 5.75 Å². The van der Waals surface area contributed by atoms with Gasteiger partial charge in [-0.2, -0.15) is 0 Å². The van der Waals surface area contributed by atoms with E-state index in [4.69, 9.17) is 4.74 Å². The Hall–Kier alpha value is -2.02. The minimum Gasteiger partial charge on any atom is -0.497 e. The molecule has 17 heavy (non-hydrogen) atoms. The molecule has 0 aromatic heterocycles. The van der Waals surface area contributed by atoms with Crippen LogP contribution in [0.5, 0.6) is 5.75 Å². The molecule has 0 fully saturated rings. The molecule has 0 amide bonds. The molecule has 0 unspecified atom stereocenters. The van der Waals surface area contributed by atoms with E-state index in [1.807, 2.05) is 24.3 Å². The zero-order valence-corrected chi connectivity index (χ0v) is 10.2. The molecule has 0 N–H and O–H groups in total. The summed E-state index contributed by atoms with van der Waals surface area (Å²) in [4.78, 5) is 0. The number of ether oxygens (including phenoxy) is 1. The van der Waals surface area contributed by atoms with Crippen molar-refractivity contribution in [2.24, 2.45) is 0 Å². The van der Waals surface area contributed by atoms with Gasteiger partial charge in [-0.25, -0.2) is 0 Å². The molecule has 0 aliphatic carbocycles. The van der Waals surface area contributed by atoms with Crippen LogP contribution in [0, 0.1) is 6.92 Å². The zero-order chi connectivity index (χ0) is 12.3. The highest BCUT2D eigenvalue weighted by Gasteiger charge is 2.03. The van der Waals surface area contributed by atoms with E-state index in [0.29, 0.717) is 0 Å². The molecular formula is C16H16O. The van der Waals surface area contributed by atoms with Gasteiger partial charge in [-0.15, -0.1) is 0 Å². The van der Waals surface area contributed by atoms with Crippen molar-refractivity contribution < 1.29 is 4.74 Å². The minimum absolute atomic E-state index is 0.858. The highest BCUT2D eigenvalue weighted by atomic mass is 16.5. The third kappa shape index (κ3) is 2.56. The van der Waals surface area contributed by atoms with Gasteiger partial charge in [0.05, 0.1) is 7.11 Å². The number of rotatable bonds is 3. The molecule has 0 spiro atoms. The average Bonchev–Trinajstić information content (AvgIpc) is 2.38. The third-order valence-electron chi connectivity index (χ3n) is 2.78. The Kier molecular flexibility index (Phi) is 3.29. The van der Waals surface area contributed by atoms with Crippen LogP contribution in [0.1, 0.15) is 16.7 Å². The predicted molar refractivity (Wildman–Crippen MR) is 72.3 cm³/mol. The normalized spacial score (nSPS) is 10.0. The molecule has 0 saturated heterocycles. The Morgan fingerprint density at radius 3 is 2.29 bits per heavy atom. The van der Waals surface area contributed by atoms with Gasteiger partial charge in [-0.3, -0.25) is 0 Å². The standard InChI is InChI=1S/C16H16O/c1-12-6-4-7-14(10-12)13(2)15-8-5-9-16(11-15)17-3/h4-11H,2H2,1,3H3. The smallest absolute Gasteiger partial charge is 0.119 e. The summed E-state index contributed by atoms with van der Waals surface area (Å²) in [5, 5.41) is 0. The van der Waals surface area contributed by atoms with Crippen molar-refractivity contribution in [2.45, 2.75) is 6.92 Å². The Morgan fingerprint density at radius 2 is 1.65 bits per heavy atom. The second-order valence-electron chi connectivity index (χ2n) is 4.08. The minimum atomic E-state index is 0.858. The third-order valence-corrected chi connectivity index (χ3v) is 2.78. The molecule has 0 saturated carbocycles. The van der Waals surface area contributed by atoms with Crippen LogP contribution < -0.4 is 4.74 Å². The van der Waals surface area contributed by atoms with Gasteiger partial charge < -0.3 is 4.74 Å². The molecular weight excluding hydrogens is 208 g/mol. The summed E-state index contributed by atoms with van der Waals surface area (Å²) in [6.07, 6.45) is 0. The van der Waals surface area contributed by atoms with Crippen LogP contribution in [0.15, 0.2) is 55.1 Å². The number of benzene rings is 2. The van der Waals surface area contributed by atoms with E-state index in [1.165, 1.54) is 5.56 Å². The van der Waals surface area contributed by atoms with E-state index in [9.17, 15) is 0 Å². The predicted octanol–water partition coefficient (Wildman–Crippen LogP) is 4.07. The maximum atomic E-state index is 5.22.